The van der Waals surface area contributed by atoms with Gasteiger partial charge in [-0.15, -0.1) is 0 Å². The van der Waals surface area contributed by atoms with Crippen molar-refractivity contribution in [2.24, 2.45) is 0 Å². The molecule has 0 bridgehead atoms. The van der Waals surface area contributed by atoms with E-state index in [-0.39, 0.29) is 0 Å². The Labute approximate surface area is 95.9 Å². The van der Waals surface area contributed by atoms with E-state index >= 15 is 0 Å². The van der Waals surface area contributed by atoms with Gasteiger partial charge in [0.05, 0.1) is 0 Å². The van der Waals surface area contributed by atoms with Crippen LogP contribution in [0, 0.1) is 0 Å². The Hall–Kier alpha value is -0.670. The van der Waals surface area contributed by atoms with E-state index in [4.69, 9.17) is 0 Å². The highest BCUT2D eigenvalue weighted by Crippen LogP contribution is 2.44. The third-order valence-electron chi connectivity index (χ3n) is 1.91. The normalized spacial score (nSPS) is 18.8. The number of halogens is 9. The van der Waals surface area contributed by atoms with Gasteiger partial charge in [0.1, 0.15) is 0 Å². The predicted octanol–water partition coefficient (Wildman–Crippen LogP) is 3.53. The molecule has 0 N–H and O–H groups in total. The fraction of sp³-hybridized carbons (Fsp3) is 1.00. The van der Waals surface area contributed by atoms with Gasteiger partial charge in [0.25, 0.3) is 12.8 Å². The van der Waals surface area contributed by atoms with E-state index < -0.39 is 43.6 Å². The summed E-state index contributed by atoms with van der Waals surface area (Å²) in [4.78, 5) is 0. The van der Waals surface area contributed by atoms with Crippen molar-refractivity contribution in [1.29, 1.82) is 0 Å². The second-order valence-corrected chi connectivity index (χ2v) is 3.20. The Morgan fingerprint density at radius 2 is 1.33 bits per heavy atom. The third kappa shape index (κ3) is 3.21. The van der Waals surface area contributed by atoms with Gasteiger partial charge in [-0.05, 0) is 6.92 Å². The van der Waals surface area contributed by atoms with Gasteiger partial charge >= 0.3 is 11.8 Å². The lowest BCUT2D eigenvalue weighted by Crippen LogP contribution is -2.57. The van der Waals surface area contributed by atoms with Gasteiger partial charge in [-0.1, -0.05) is 0 Å². The summed E-state index contributed by atoms with van der Waals surface area (Å²) in [6, 6.07) is 0. The van der Waals surface area contributed by atoms with Crippen LogP contribution in [0.1, 0.15) is 6.92 Å². The van der Waals surface area contributed by atoms with E-state index in [0.29, 0.717) is 0 Å². The molecular formula is C8H9F9O. The van der Waals surface area contributed by atoms with Crippen LogP contribution in [0.3, 0.4) is 0 Å². The standard InChI is InChI=1S/C8H9F9O/c1-2-18-6(13)8(16,17)7(14,15)4(10)3(9)5(11)12/h3-6H,2H2,1H3. The average molecular weight is 292 g/mol. The molecule has 3 unspecified atom stereocenters. The molecule has 0 aliphatic rings. The molecule has 110 valence electrons. The SMILES string of the molecule is CCOC(F)C(F)(F)C(F)(F)C(F)C(F)C(F)F. The molecule has 0 aromatic carbocycles. The summed E-state index contributed by atoms with van der Waals surface area (Å²) in [7, 11) is 0. The maximum Gasteiger partial charge on any atom is 0.367 e. The lowest BCUT2D eigenvalue weighted by atomic mass is 10.0. The highest BCUT2D eigenvalue weighted by atomic mass is 19.3. The fourth-order valence-electron chi connectivity index (χ4n) is 0.914. The van der Waals surface area contributed by atoms with Crippen molar-refractivity contribution in [2.45, 2.75) is 43.9 Å². The summed E-state index contributed by atoms with van der Waals surface area (Å²) >= 11 is 0. The van der Waals surface area contributed by atoms with Gasteiger partial charge in [-0.25, -0.2) is 22.0 Å². The molecule has 10 heteroatoms. The van der Waals surface area contributed by atoms with Crippen LogP contribution in [0.5, 0.6) is 0 Å². The molecule has 0 spiro atoms. The van der Waals surface area contributed by atoms with Crippen molar-refractivity contribution in [3.8, 4) is 0 Å². The first-order chi connectivity index (χ1) is 8.00. The fourth-order valence-corrected chi connectivity index (χ4v) is 0.914. The predicted molar refractivity (Wildman–Crippen MR) is 42.2 cm³/mol. The first-order valence-corrected chi connectivity index (χ1v) is 4.57. The Morgan fingerprint density at radius 1 is 0.889 bits per heavy atom. The minimum Gasteiger partial charge on any atom is -0.344 e. The van der Waals surface area contributed by atoms with Gasteiger partial charge in [0, 0.05) is 6.61 Å². The first kappa shape index (κ1) is 17.3. The van der Waals surface area contributed by atoms with Crippen LogP contribution in [0.15, 0.2) is 0 Å². The zero-order chi connectivity index (χ0) is 14.7. The molecule has 0 saturated heterocycles. The molecular weight excluding hydrogens is 283 g/mol. The Balaban J connectivity index is 5.10. The molecule has 0 amide bonds. The molecule has 1 nitrogen and oxygen atoms in total. The van der Waals surface area contributed by atoms with Gasteiger partial charge in [-0.2, -0.15) is 17.6 Å². The summed E-state index contributed by atoms with van der Waals surface area (Å²) in [5, 5.41) is 0. The zero-order valence-corrected chi connectivity index (χ0v) is 8.83. The van der Waals surface area contributed by atoms with Gasteiger partial charge < -0.3 is 4.74 Å². The molecule has 0 fully saturated rings. The summed E-state index contributed by atoms with van der Waals surface area (Å²) in [5.74, 6) is -11.8. The van der Waals surface area contributed by atoms with Crippen LogP contribution in [0.2, 0.25) is 0 Å². The minimum absolute atomic E-state index is 0.752. The van der Waals surface area contributed by atoms with Crippen LogP contribution < -0.4 is 0 Å². The maximum atomic E-state index is 12.8. The molecule has 0 aliphatic heterocycles. The monoisotopic (exact) mass is 292 g/mol. The summed E-state index contributed by atoms with van der Waals surface area (Å²) in [6.07, 6.45) is -16.9. The van der Waals surface area contributed by atoms with Crippen molar-refractivity contribution in [1.82, 2.24) is 0 Å². The van der Waals surface area contributed by atoms with Crippen LogP contribution in [-0.4, -0.2) is 43.6 Å². The summed E-state index contributed by atoms with van der Waals surface area (Å²) < 4.78 is 115. The number of hydrogen-bond donors (Lipinski definition) is 0. The Morgan fingerprint density at radius 3 is 1.67 bits per heavy atom. The highest BCUT2D eigenvalue weighted by Gasteiger charge is 2.69. The highest BCUT2D eigenvalue weighted by molar-refractivity contribution is 4.97. The molecule has 18 heavy (non-hydrogen) atoms. The van der Waals surface area contributed by atoms with Crippen molar-refractivity contribution < 1.29 is 44.3 Å². The number of alkyl halides is 9. The van der Waals surface area contributed by atoms with Crippen molar-refractivity contribution >= 4 is 0 Å². The van der Waals surface area contributed by atoms with Crippen LogP contribution in [0.25, 0.3) is 0 Å². The summed E-state index contributed by atoms with van der Waals surface area (Å²) in [6.45, 7) is 0.225. The van der Waals surface area contributed by atoms with Gasteiger partial charge in [0.15, 0.2) is 6.17 Å². The molecule has 3 atom stereocenters. The Bertz CT molecular complexity index is 257. The lowest BCUT2D eigenvalue weighted by molar-refractivity contribution is -0.317. The van der Waals surface area contributed by atoms with Crippen molar-refractivity contribution in [2.75, 3.05) is 6.61 Å². The average Bonchev–Trinajstić information content (AvgIpc) is 2.26. The quantitative estimate of drug-likeness (QED) is 0.652. The van der Waals surface area contributed by atoms with Crippen LogP contribution in [-0.2, 0) is 4.74 Å². The van der Waals surface area contributed by atoms with E-state index in [1.807, 2.05) is 0 Å². The van der Waals surface area contributed by atoms with Gasteiger partial charge in [-0.3, -0.25) is 0 Å². The number of rotatable bonds is 7. The maximum absolute atomic E-state index is 12.8. The van der Waals surface area contributed by atoms with E-state index in [1.165, 1.54) is 0 Å². The van der Waals surface area contributed by atoms with Gasteiger partial charge in [0.2, 0.25) is 6.17 Å². The summed E-state index contributed by atoms with van der Waals surface area (Å²) in [5.41, 5.74) is 0. The second-order valence-electron chi connectivity index (χ2n) is 3.20. The largest absolute Gasteiger partial charge is 0.367 e. The number of ether oxygens (including phenoxy) is 1. The first-order valence-electron chi connectivity index (χ1n) is 4.57. The van der Waals surface area contributed by atoms with Crippen molar-refractivity contribution in [3.05, 3.63) is 0 Å². The Kier molecular flexibility index (Phi) is 5.76. The van der Waals surface area contributed by atoms with E-state index in [1.54, 1.807) is 0 Å². The minimum atomic E-state index is -5.97. The van der Waals surface area contributed by atoms with Crippen molar-refractivity contribution in [3.63, 3.8) is 0 Å². The number of hydrogen-bond acceptors (Lipinski definition) is 1. The molecule has 0 aromatic rings. The molecule has 0 rings (SSSR count). The molecule has 0 radical (unpaired) electrons. The van der Waals surface area contributed by atoms with E-state index in [9.17, 15) is 39.5 Å². The second kappa shape index (κ2) is 5.98. The van der Waals surface area contributed by atoms with E-state index in [0.717, 1.165) is 6.92 Å². The molecule has 0 aliphatic carbocycles. The third-order valence-corrected chi connectivity index (χ3v) is 1.91. The van der Waals surface area contributed by atoms with E-state index in [2.05, 4.69) is 4.74 Å². The molecule has 0 saturated carbocycles. The molecule has 0 heterocycles. The smallest absolute Gasteiger partial charge is 0.344 e. The topological polar surface area (TPSA) is 9.23 Å². The molecule has 0 aromatic heterocycles. The lowest BCUT2D eigenvalue weighted by Gasteiger charge is -2.31. The van der Waals surface area contributed by atoms with Crippen LogP contribution >= 0.6 is 0 Å². The van der Waals surface area contributed by atoms with Crippen LogP contribution in [0.4, 0.5) is 39.5 Å². The zero-order valence-electron chi connectivity index (χ0n) is 8.83.